The van der Waals surface area contributed by atoms with Crippen LogP contribution in [0, 0.1) is 11.8 Å². The van der Waals surface area contributed by atoms with Crippen LogP contribution >= 0.6 is 0 Å². The number of carbonyl (C=O) groups is 2. The first-order valence-corrected chi connectivity index (χ1v) is 42.3. The predicted octanol–water partition coefficient (Wildman–Crippen LogP) is 16.3. The summed E-state index contributed by atoms with van der Waals surface area (Å²) in [5, 5.41) is 10.3. The highest BCUT2D eigenvalue weighted by Gasteiger charge is 2.50. The Balaban J connectivity index is 1.14. The molecule has 0 saturated carbocycles. The van der Waals surface area contributed by atoms with Crippen molar-refractivity contribution in [3.63, 3.8) is 0 Å². The van der Waals surface area contributed by atoms with Gasteiger partial charge in [-0.15, -0.1) is 0 Å². The van der Waals surface area contributed by atoms with Crippen LogP contribution in [0.2, 0.25) is 66.5 Å². The van der Waals surface area contributed by atoms with Gasteiger partial charge in [-0.1, -0.05) is 266 Å². The molecule has 0 heterocycles. The van der Waals surface area contributed by atoms with Crippen LogP contribution in [0.1, 0.15) is 220 Å². The van der Waals surface area contributed by atoms with Crippen LogP contribution in [-0.4, -0.2) is 50.8 Å². The number of hydrogen-bond donors (Lipinski definition) is 2. The van der Waals surface area contributed by atoms with Gasteiger partial charge in [-0.05, 0) is 120 Å². The summed E-state index contributed by atoms with van der Waals surface area (Å²) in [6.07, 6.45) is 0. The van der Waals surface area contributed by atoms with Gasteiger partial charge in [0.25, 0.3) is 0 Å². The SMILES string of the molecule is CC(C)[Si](c1cc(C(=O)OCc2ccc(C[NH2+]CC#Cc3ccc(C[NH2+]Cc4ccc(COC(=O)c5cc([Si](C(C)C)(C(C)C)C(C)C)cc([Si](C(C)C)(C(C)C)C(C)C)c5)cc4)cc3)cc2)cc([Si](C(C)C)(C(C)C)C(C)C)c1)(C(C)C)C(C)C. The summed E-state index contributed by atoms with van der Waals surface area (Å²) in [5.41, 5.74) is 14.6. The van der Waals surface area contributed by atoms with Crippen molar-refractivity contribution >= 4 is 65.0 Å². The maximum atomic E-state index is 14.2. The van der Waals surface area contributed by atoms with E-state index in [4.69, 9.17) is 9.47 Å². The largest absolute Gasteiger partial charge is 0.457 e. The molecule has 4 N–H and O–H groups in total. The average Bonchev–Trinajstić information content (AvgIpc) is 0.777. The van der Waals surface area contributed by atoms with Gasteiger partial charge >= 0.3 is 11.9 Å². The molecule has 0 fully saturated rings. The number of carbonyl (C=O) groups excluding carboxylic acids is 2. The molecule has 0 amide bonds. The molecule has 0 spiro atoms. The summed E-state index contributed by atoms with van der Waals surface area (Å²) in [6, 6.07) is 39.7. The van der Waals surface area contributed by atoms with Gasteiger partial charge in [-0.2, -0.15) is 0 Å². The van der Waals surface area contributed by atoms with Crippen LogP contribution in [0.4, 0.5) is 0 Å². The van der Waals surface area contributed by atoms with Gasteiger partial charge < -0.3 is 20.1 Å². The van der Waals surface area contributed by atoms with Gasteiger partial charge in [-0.3, -0.25) is 0 Å². The summed E-state index contributed by atoms with van der Waals surface area (Å²) >= 11 is 0. The summed E-state index contributed by atoms with van der Waals surface area (Å²) in [6.45, 7) is 61.7. The average molecular weight is 1240 g/mol. The van der Waals surface area contributed by atoms with Crippen LogP contribution in [0.15, 0.2) is 109 Å². The van der Waals surface area contributed by atoms with Crippen molar-refractivity contribution < 1.29 is 29.7 Å². The quantitative estimate of drug-likeness (QED) is 0.0216. The lowest BCUT2D eigenvalue weighted by Gasteiger charge is -2.47. The van der Waals surface area contributed by atoms with E-state index in [1.165, 1.54) is 37.4 Å². The number of esters is 2. The van der Waals surface area contributed by atoms with Crippen molar-refractivity contribution in [1.29, 1.82) is 0 Å². The molecular weight excluding hydrogens is 1120 g/mol. The van der Waals surface area contributed by atoms with E-state index in [1.54, 1.807) is 0 Å². The number of benzene rings is 5. The Kier molecular flexibility index (Phi) is 26.2. The van der Waals surface area contributed by atoms with E-state index in [1.807, 2.05) is 0 Å². The first-order valence-electron chi connectivity index (χ1n) is 33.4. The number of hydrogen-bond acceptors (Lipinski definition) is 4. The fourth-order valence-corrected chi connectivity index (χ4v) is 45.6. The number of ether oxygens (including phenoxy) is 2. The Bertz CT molecular complexity index is 2840. The fraction of sp³-hybridized carbons (Fsp3) is 0.553. The zero-order valence-corrected chi connectivity index (χ0v) is 62.4. The monoisotopic (exact) mass is 1230 g/mol. The standard InChI is InChI=1S/C76H116N2O4Si4/c1-51(2)83(52(3)4,53(5)6)71-40-69(41-72(44-71)84(54(7)8,55(9)10)56(11)12)75(79)81-49-67-35-31-64(32-36-67)46-77-39-25-26-63-27-29-65(30-28-63)47-78-48-66-33-37-68(38-34-66)50-82-76(80)70-42-73(85(57(13)14,58(15)16)59(17)18)45-74(43-70)86(60(19)20,61(21)22)62(23)24/h27-38,40-45,51-62,77-78H,39,46-50H2,1-24H3/p+2. The molecule has 0 aliphatic carbocycles. The lowest BCUT2D eigenvalue weighted by atomic mass is 10.1. The lowest BCUT2D eigenvalue weighted by molar-refractivity contribution is -0.686. The van der Waals surface area contributed by atoms with Gasteiger partial charge in [0.05, 0.1) is 43.4 Å². The number of nitrogens with two attached hydrogens (primary N) is 2. The first kappa shape index (κ1) is 72.1. The van der Waals surface area contributed by atoms with E-state index in [2.05, 4.69) is 298 Å². The normalized spacial score (nSPS) is 12.9. The molecule has 6 nitrogen and oxygen atoms in total. The van der Waals surface area contributed by atoms with Crippen molar-refractivity contribution in [2.24, 2.45) is 0 Å². The smallest absolute Gasteiger partial charge is 0.338 e. The molecule has 0 unspecified atom stereocenters. The Morgan fingerprint density at radius 1 is 0.337 bits per heavy atom. The van der Waals surface area contributed by atoms with Crippen molar-refractivity contribution in [3.05, 3.63) is 154 Å². The second kappa shape index (κ2) is 31.2. The maximum absolute atomic E-state index is 14.2. The maximum Gasteiger partial charge on any atom is 0.338 e. The second-order valence-corrected chi connectivity index (χ2v) is 53.0. The van der Waals surface area contributed by atoms with E-state index in [0.717, 1.165) is 47.5 Å². The number of quaternary nitrogens is 2. The Morgan fingerprint density at radius 3 is 0.826 bits per heavy atom. The van der Waals surface area contributed by atoms with Gasteiger partial charge in [-0.25, -0.2) is 9.59 Å². The third-order valence-corrected chi connectivity index (χ3v) is 49.2. The molecule has 0 aliphatic heterocycles. The fourth-order valence-electron chi connectivity index (χ4n) is 18.1. The minimum Gasteiger partial charge on any atom is -0.457 e. The molecule has 0 saturated heterocycles. The van der Waals surface area contributed by atoms with Gasteiger partial charge in [0.1, 0.15) is 39.4 Å². The molecule has 0 atom stereocenters. The molecule has 86 heavy (non-hydrogen) atoms. The van der Waals surface area contributed by atoms with Crippen LogP contribution in [0.5, 0.6) is 0 Å². The van der Waals surface area contributed by atoms with Crippen LogP contribution in [0.3, 0.4) is 0 Å². The summed E-state index contributed by atoms with van der Waals surface area (Å²) < 4.78 is 12.4. The summed E-state index contributed by atoms with van der Waals surface area (Å²) in [5.74, 6) is 6.27. The summed E-state index contributed by atoms with van der Waals surface area (Å²) in [4.78, 5) is 28.5. The number of rotatable bonds is 29. The minimum absolute atomic E-state index is 0.216. The molecule has 5 aromatic rings. The van der Waals surface area contributed by atoms with Gasteiger partial charge in [0, 0.05) is 22.3 Å². The van der Waals surface area contributed by atoms with Crippen LogP contribution < -0.4 is 31.4 Å². The van der Waals surface area contributed by atoms with Crippen molar-refractivity contribution in [2.75, 3.05) is 6.54 Å². The highest BCUT2D eigenvalue weighted by Crippen LogP contribution is 2.46. The third kappa shape index (κ3) is 15.5. The molecule has 5 aromatic carbocycles. The zero-order valence-electron chi connectivity index (χ0n) is 58.4. The van der Waals surface area contributed by atoms with E-state index < -0.39 is 32.3 Å². The molecule has 0 radical (unpaired) electrons. The highest BCUT2D eigenvalue weighted by molar-refractivity contribution is 6.98. The zero-order chi connectivity index (χ0) is 64.2. The molecule has 5 rings (SSSR count). The van der Waals surface area contributed by atoms with Gasteiger partial charge in [0.15, 0.2) is 0 Å². The molecule has 0 bridgehead atoms. The Morgan fingerprint density at radius 2 is 0.570 bits per heavy atom. The van der Waals surface area contributed by atoms with Crippen molar-refractivity contribution in [1.82, 2.24) is 0 Å². The van der Waals surface area contributed by atoms with E-state index in [0.29, 0.717) is 73.0 Å². The van der Waals surface area contributed by atoms with E-state index >= 15 is 0 Å². The highest BCUT2D eigenvalue weighted by atomic mass is 28.3. The van der Waals surface area contributed by atoms with Gasteiger partial charge in [0.2, 0.25) is 0 Å². The molecular formula is C76H118N2O4Si4+2. The van der Waals surface area contributed by atoms with Crippen molar-refractivity contribution in [3.8, 4) is 11.8 Å². The third-order valence-electron chi connectivity index (χ3n) is 21.2. The molecule has 0 aliphatic rings. The molecule has 10 heteroatoms. The Hall–Kier alpha value is -4.61. The summed E-state index contributed by atoms with van der Waals surface area (Å²) in [7, 11) is -8.28. The van der Waals surface area contributed by atoms with Crippen molar-refractivity contribution in [2.45, 2.75) is 266 Å². The minimum atomic E-state index is -2.07. The van der Waals surface area contributed by atoms with Crippen LogP contribution in [0.25, 0.3) is 0 Å². The molecule has 470 valence electrons. The molecule has 0 aromatic heterocycles. The lowest BCUT2D eigenvalue weighted by Crippen LogP contribution is -2.82. The predicted molar refractivity (Wildman–Crippen MR) is 380 cm³/mol. The van der Waals surface area contributed by atoms with E-state index in [9.17, 15) is 9.59 Å². The second-order valence-electron chi connectivity index (χ2n) is 29.4. The topological polar surface area (TPSA) is 85.8 Å². The Labute approximate surface area is 529 Å². The first-order chi connectivity index (χ1) is 40.4. The van der Waals surface area contributed by atoms with Crippen LogP contribution in [-0.2, 0) is 42.3 Å². The van der Waals surface area contributed by atoms with E-state index in [-0.39, 0.29) is 25.2 Å².